The predicted octanol–water partition coefficient (Wildman–Crippen LogP) is 11.0. The summed E-state index contributed by atoms with van der Waals surface area (Å²) >= 11 is 0. The topological polar surface area (TPSA) is 34.6 Å². The summed E-state index contributed by atoms with van der Waals surface area (Å²) in [5, 5.41) is 3.75. The van der Waals surface area contributed by atoms with Gasteiger partial charge in [0.25, 0.3) is 0 Å². The Bertz CT molecular complexity index is 2570. The Morgan fingerprint density at radius 3 is 2.16 bits per heavy atom. The number of fused-ring (bicyclic) bond motifs is 6. The van der Waals surface area contributed by atoms with Gasteiger partial charge in [-0.25, -0.2) is 0 Å². The molecule has 0 bridgehead atoms. The van der Waals surface area contributed by atoms with E-state index in [0.717, 1.165) is 40.9 Å². The van der Waals surface area contributed by atoms with Crippen LogP contribution < -0.4 is 0 Å². The summed E-state index contributed by atoms with van der Waals surface area (Å²) in [4.78, 5) is 9.60. The molecule has 0 unspecified atom stereocenters. The van der Waals surface area contributed by atoms with Gasteiger partial charge in [-0.3, -0.25) is 9.98 Å². The zero-order chi connectivity index (χ0) is 32.7. The lowest BCUT2D eigenvalue weighted by Crippen LogP contribution is -2.06. The van der Waals surface area contributed by atoms with E-state index in [9.17, 15) is 0 Å². The first-order valence-corrected chi connectivity index (χ1v) is 16.8. The van der Waals surface area contributed by atoms with Crippen LogP contribution in [0.2, 0.25) is 0 Å². The van der Waals surface area contributed by atoms with E-state index >= 15 is 0 Å². The van der Waals surface area contributed by atoms with Crippen LogP contribution >= 0.6 is 0 Å². The summed E-state index contributed by atoms with van der Waals surface area (Å²) in [7, 11) is 0. The molecular weight excluding hydrogens is 597 g/mol. The summed E-state index contributed by atoms with van der Waals surface area (Å²) in [5.41, 5.74) is 13.7. The quantitative estimate of drug-likeness (QED) is 0.164. The molecule has 4 heteroatoms. The van der Waals surface area contributed by atoms with E-state index in [2.05, 4.69) is 148 Å². The molecule has 0 saturated carbocycles. The smallest absolute Gasteiger partial charge is 0.115 e. The van der Waals surface area contributed by atoms with Gasteiger partial charge in [-0.15, -0.1) is 0 Å². The van der Waals surface area contributed by atoms with Crippen LogP contribution in [0, 0.1) is 0 Å². The molecule has 5 aromatic carbocycles. The number of hydrogen-bond acceptors (Lipinski definition) is 2. The Morgan fingerprint density at radius 2 is 1.35 bits per heavy atom. The summed E-state index contributed by atoms with van der Waals surface area (Å²) in [6.45, 7) is 4.38. The number of allylic oxidation sites excluding steroid dienone is 6. The molecule has 0 fully saturated rings. The van der Waals surface area contributed by atoms with Gasteiger partial charge in [-0.2, -0.15) is 0 Å². The van der Waals surface area contributed by atoms with Crippen molar-refractivity contribution in [2.45, 2.75) is 19.5 Å². The average Bonchev–Trinajstić information content (AvgIpc) is 3.67. The highest BCUT2D eigenvalue weighted by Gasteiger charge is 2.20. The zero-order valence-corrected chi connectivity index (χ0v) is 27.1. The fourth-order valence-electron chi connectivity index (χ4n) is 7.55. The molecule has 0 atom stereocenters. The van der Waals surface area contributed by atoms with Gasteiger partial charge in [0.1, 0.15) is 6.67 Å². The van der Waals surface area contributed by atoms with E-state index in [-0.39, 0.29) is 0 Å². The molecule has 49 heavy (non-hydrogen) atoms. The lowest BCUT2D eigenvalue weighted by Gasteiger charge is -2.13. The first-order chi connectivity index (χ1) is 24.3. The molecule has 0 radical (unpaired) electrons. The SMILES string of the molecule is C=N/C(=C1/C=CC=CC1=NCn1c2ccccc2c2cc(-c3ccc4c(c3)c3c(n4-c4ccccc4)CCC=C3)ccc21)c1ccccc1. The number of aliphatic imine (C=N–C) groups is 2. The van der Waals surface area contributed by atoms with E-state index in [1.807, 2.05) is 30.4 Å². The molecular formula is C45H34N4. The van der Waals surface area contributed by atoms with Crippen LogP contribution in [0.5, 0.6) is 0 Å². The number of hydrogen-bond donors (Lipinski definition) is 0. The Morgan fingerprint density at radius 1 is 0.653 bits per heavy atom. The maximum Gasteiger partial charge on any atom is 0.115 e. The molecule has 2 aromatic heterocycles. The van der Waals surface area contributed by atoms with Gasteiger partial charge >= 0.3 is 0 Å². The first kappa shape index (κ1) is 28.9. The third kappa shape index (κ3) is 4.92. The number of para-hydroxylation sites is 2. The Labute approximate surface area is 285 Å². The van der Waals surface area contributed by atoms with Crippen molar-refractivity contribution in [3.63, 3.8) is 0 Å². The maximum absolute atomic E-state index is 5.17. The number of nitrogens with zero attached hydrogens (tertiary/aromatic N) is 4. The lowest BCUT2D eigenvalue weighted by atomic mass is 9.98. The maximum atomic E-state index is 5.17. The molecule has 4 nitrogen and oxygen atoms in total. The van der Waals surface area contributed by atoms with Crippen molar-refractivity contribution in [2.24, 2.45) is 9.98 Å². The van der Waals surface area contributed by atoms with E-state index in [1.165, 1.54) is 55.3 Å². The Kier molecular flexibility index (Phi) is 7.13. The normalized spacial score (nSPS) is 15.8. The Balaban J connectivity index is 1.14. The van der Waals surface area contributed by atoms with Crippen LogP contribution in [-0.2, 0) is 13.1 Å². The first-order valence-electron chi connectivity index (χ1n) is 16.8. The summed E-state index contributed by atoms with van der Waals surface area (Å²) < 4.78 is 4.77. The van der Waals surface area contributed by atoms with Crippen molar-refractivity contribution in [1.29, 1.82) is 0 Å². The van der Waals surface area contributed by atoms with Gasteiger partial charge in [0.15, 0.2) is 0 Å². The molecule has 0 spiro atoms. The largest absolute Gasteiger partial charge is 0.320 e. The van der Waals surface area contributed by atoms with Crippen molar-refractivity contribution < 1.29 is 0 Å². The van der Waals surface area contributed by atoms with Gasteiger partial charge in [-0.05, 0) is 79.2 Å². The second kappa shape index (κ2) is 12.1. The van der Waals surface area contributed by atoms with Crippen LogP contribution in [0.25, 0.3) is 61.3 Å². The molecule has 2 heterocycles. The van der Waals surface area contributed by atoms with E-state index in [4.69, 9.17) is 4.99 Å². The molecule has 0 N–H and O–H groups in total. The second-order valence-electron chi connectivity index (χ2n) is 12.6. The average molecular weight is 631 g/mol. The summed E-state index contributed by atoms with van der Waals surface area (Å²) in [5.74, 6) is 0. The molecule has 2 aliphatic carbocycles. The molecule has 0 aliphatic heterocycles. The molecule has 0 saturated heterocycles. The highest BCUT2D eigenvalue weighted by molar-refractivity contribution is 6.16. The highest BCUT2D eigenvalue weighted by Crippen LogP contribution is 2.38. The zero-order valence-electron chi connectivity index (χ0n) is 27.1. The van der Waals surface area contributed by atoms with Crippen molar-refractivity contribution >= 4 is 56.9 Å². The van der Waals surface area contributed by atoms with Crippen LogP contribution in [0.1, 0.15) is 23.2 Å². The van der Waals surface area contributed by atoms with Crippen molar-refractivity contribution in [2.75, 3.05) is 0 Å². The number of aromatic nitrogens is 2. The van der Waals surface area contributed by atoms with Crippen molar-refractivity contribution in [3.8, 4) is 16.8 Å². The fraction of sp³-hybridized carbons (Fsp3) is 0.0667. The summed E-state index contributed by atoms with van der Waals surface area (Å²) in [6, 6.07) is 43.4. The van der Waals surface area contributed by atoms with E-state index < -0.39 is 0 Å². The van der Waals surface area contributed by atoms with E-state index in [1.54, 1.807) is 0 Å². The van der Waals surface area contributed by atoms with Crippen LogP contribution in [0.4, 0.5) is 0 Å². The fourth-order valence-corrected chi connectivity index (χ4v) is 7.55. The Hall–Kier alpha value is -6.26. The molecule has 234 valence electrons. The standard InChI is InChI=1S/C45H34N4/c1-46-45(31-14-4-2-5-15-31)37-20-8-11-21-40(37)47-30-48-41-22-12-9-18-35(41)38-28-32(24-26-42(38)48)33-25-27-44-39(29-33)36-19-10-13-23-43(36)49(44)34-16-6-3-7-17-34/h2-12,14-22,24-29H,1,13,23,30H2/b45-37-,47-40?. The monoisotopic (exact) mass is 630 g/mol. The lowest BCUT2D eigenvalue weighted by molar-refractivity contribution is 0.793. The van der Waals surface area contributed by atoms with Gasteiger partial charge in [0.05, 0.1) is 28.0 Å². The van der Waals surface area contributed by atoms with Gasteiger partial charge in [-0.1, -0.05) is 109 Å². The van der Waals surface area contributed by atoms with E-state index in [0.29, 0.717) is 6.67 Å². The minimum atomic E-state index is 0.483. The van der Waals surface area contributed by atoms with Crippen molar-refractivity contribution in [1.82, 2.24) is 9.13 Å². The van der Waals surface area contributed by atoms with Crippen LogP contribution in [0.3, 0.4) is 0 Å². The van der Waals surface area contributed by atoms with Gasteiger partial charge in [0, 0.05) is 44.2 Å². The molecule has 2 aliphatic rings. The molecule has 9 rings (SSSR count). The third-order valence-electron chi connectivity index (χ3n) is 9.81. The minimum Gasteiger partial charge on any atom is -0.320 e. The number of benzene rings is 5. The van der Waals surface area contributed by atoms with Crippen LogP contribution in [-0.4, -0.2) is 21.6 Å². The summed E-state index contributed by atoms with van der Waals surface area (Å²) in [6.07, 6.45) is 14.9. The predicted molar refractivity (Wildman–Crippen MR) is 208 cm³/mol. The van der Waals surface area contributed by atoms with Gasteiger partial charge in [0.2, 0.25) is 0 Å². The minimum absolute atomic E-state index is 0.483. The van der Waals surface area contributed by atoms with Crippen molar-refractivity contribution in [3.05, 3.63) is 174 Å². The van der Waals surface area contributed by atoms with Crippen LogP contribution in [0.15, 0.2) is 167 Å². The molecule has 7 aromatic rings. The van der Waals surface area contributed by atoms with Gasteiger partial charge < -0.3 is 9.13 Å². The highest BCUT2D eigenvalue weighted by atomic mass is 15.1. The second-order valence-corrected chi connectivity index (χ2v) is 12.6. The number of rotatable bonds is 6. The molecule has 0 amide bonds. The third-order valence-corrected chi connectivity index (χ3v) is 9.81.